The van der Waals surface area contributed by atoms with Crippen LogP contribution in [0.5, 0.6) is 0 Å². The number of morpholine rings is 1. The van der Waals surface area contributed by atoms with Crippen molar-refractivity contribution in [2.75, 3.05) is 37.7 Å². The van der Waals surface area contributed by atoms with Crippen LogP contribution in [-0.2, 0) is 9.53 Å². The summed E-state index contributed by atoms with van der Waals surface area (Å²) >= 11 is 0. The van der Waals surface area contributed by atoms with Crippen LogP contribution >= 0.6 is 0 Å². The molecular weight excluding hydrogens is 342 g/mol. The molecule has 0 saturated carbocycles. The van der Waals surface area contributed by atoms with Gasteiger partial charge in [0, 0.05) is 24.3 Å². The van der Waals surface area contributed by atoms with E-state index in [-0.39, 0.29) is 24.4 Å². The molecule has 0 spiro atoms. The molecule has 0 radical (unpaired) electrons. The van der Waals surface area contributed by atoms with E-state index in [4.69, 9.17) is 4.74 Å². The Morgan fingerprint density at radius 2 is 1.70 bits per heavy atom. The van der Waals surface area contributed by atoms with Crippen LogP contribution in [0.3, 0.4) is 0 Å². The third-order valence-corrected chi connectivity index (χ3v) is 4.59. The van der Waals surface area contributed by atoms with Crippen molar-refractivity contribution in [1.29, 1.82) is 0 Å². The van der Waals surface area contributed by atoms with Gasteiger partial charge in [-0.3, -0.25) is 9.59 Å². The highest BCUT2D eigenvalue weighted by Crippen LogP contribution is 2.20. The molecule has 1 aliphatic rings. The molecule has 2 amide bonds. The van der Waals surface area contributed by atoms with Crippen LogP contribution in [0.2, 0.25) is 0 Å². The summed E-state index contributed by atoms with van der Waals surface area (Å²) in [6.45, 7) is 5.18. The maximum Gasteiger partial charge on any atom is 0.251 e. The highest BCUT2D eigenvalue weighted by atomic mass is 16.5. The molecule has 1 fully saturated rings. The fourth-order valence-corrected chi connectivity index (χ4v) is 3.02. The first-order valence-corrected chi connectivity index (χ1v) is 9.19. The lowest BCUT2D eigenvalue weighted by atomic mass is 10.1. The number of benzene rings is 2. The number of nitrogens with zero attached hydrogens (tertiary/aromatic N) is 1. The van der Waals surface area contributed by atoms with Gasteiger partial charge < -0.3 is 20.3 Å². The van der Waals surface area contributed by atoms with Crippen molar-refractivity contribution >= 4 is 17.5 Å². The van der Waals surface area contributed by atoms with E-state index in [1.165, 1.54) is 0 Å². The predicted octanol–water partition coefficient (Wildman–Crippen LogP) is 2.13. The molecule has 6 nitrogen and oxygen atoms in total. The largest absolute Gasteiger partial charge is 0.378 e. The average Bonchev–Trinajstić information content (AvgIpc) is 2.73. The summed E-state index contributed by atoms with van der Waals surface area (Å²) < 4.78 is 5.38. The van der Waals surface area contributed by atoms with Gasteiger partial charge in [-0.25, -0.2) is 0 Å². The molecule has 0 aliphatic carbocycles. The molecule has 1 unspecified atom stereocenters. The third kappa shape index (κ3) is 5.31. The fraction of sp³-hybridized carbons (Fsp3) is 0.333. The highest BCUT2D eigenvalue weighted by molar-refractivity contribution is 5.96. The minimum absolute atomic E-state index is 0.0517. The van der Waals surface area contributed by atoms with Crippen LogP contribution in [0.15, 0.2) is 54.6 Å². The van der Waals surface area contributed by atoms with Gasteiger partial charge in [0.25, 0.3) is 5.91 Å². The Morgan fingerprint density at radius 1 is 1.04 bits per heavy atom. The van der Waals surface area contributed by atoms with Crippen LogP contribution in [0, 0.1) is 0 Å². The number of rotatable bonds is 6. The molecule has 1 heterocycles. The van der Waals surface area contributed by atoms with Gasteiger partial charge in [-0.05, 0) is 36.8 Å². The number of amides is 2. The van der Waals surface area contributed by atoms with Gasteiger partial charge in [0.05, 0.1) is 25.8 Å². The lowest BCUT2D eigenvalue weighted by molar-refractivity contribution is -0.120. The molecule has 1 aliphatic heterocycles. The van der Waals surface area contributed by atoms with E-state index < -0.39 is 0 Å². The Kier molecular flexibility index (Phi) is 6.44. The zero-order valence-corrected chi connectivity index (χ0v) is 15.5. The summed E-state index contributed by atoms with van der Waals surface area (Å²) in [7, 11) is 0. The minimum Gasteiger partial charge on any atom is -0.378 e. The van der Waals surface area contributed by atoms with Crippen molar-refractivity contribution < 1.29 is 14.3 Å². The van der Waals surface area contributed by atoms with Gasteiger partial charge in [-0.2, -0.15) is 0 Å². The zero-order valence-electron chi connectivity index (χ0n) is 15.5. The Balaban J connectivity index is 1.48. The Bertz CT molecular complexity index is 756. The first-order chi connectivity index (χ1) is 13.1. The number of nitrogens with one attached hydrogen (secondary N) is 2. The van der Waals surface area contributed by atoms with Crippen molar-refractivity contribution in [3.8, 4) is 0 Å². The van der Waals surface area contributed by atoms with Crippen molar-refractivity contribution in [1.82, 2.24) is 10.6 Å². The van der Waals surface area contributed by atoms with Crippen LogP contribution in [0.1, 0.15) is 28.9 Å². The predicted molar refractivity (Wildman–Crippen MR) is 105 cm³/mol. The summed E-state index contributed by atoms with van der Waals surface area (Å²) in [6, 6.07) is 16.9. The molecule has 0 aromatic heterocycles. The van der Waals surface area contributed by atoms with E-state index >= 15 is 0 Å². The monoisotopic (exact) mass is 367 g/mol. The van der Waals surface area contributed by atoms with Crippen LogP contribution in [0.4, 0.5) is 5.69 Å². The average molecular weight is 367 g/mol. The summed E-state index contributed by atoms with van der Waals surface area (Å²) in [6.07, 6.45) is 0. The smallest absolute Gasteiger partial charge is 0.251 e. The summed E-state index contributed by atoms with van der Waals surface area (Å²) in [5, 5.41) is 5.55. The van der Waals surface area contributed by atoms with E-state index in [0.29, 0.717) is 5.56 Å². The zero-order chi connectivity index (χ0) is 19.1. The van der Waals surface area contributed by atoms with Gasteiger partial charge in [0.15, 0.2) is 0 Å². The molecule has 27 heavy (non-hydrogen) atoms. The molecule has 0 bridgehead atoms. The second kappa shape index (κ2) is 9.19. The second-order valence-corrected chi connectivity index (χ2v) is 6.53. The van der Waals surface area contributed by atoms with Crippen molar-refractivity contribution in [2.24, 2.45) is 0 Å². The number of hydrogen-bond acceptors (Lipinski definition) is 4. The van der Waals surface area contributed by atoms with Gasteiger partial charge in [-0.1, -0.05) is 30.3 Å². The molecular formula is C21H25N3O3. The number of carbonyl (C=O) groups excluding carboxylic acids is 2. The molecule has 1 atom stereocenters. The lowest BCUT2D eigenvalue weighted by Gasteiger charge is -2.29. The minimum atomic E-state index is -0.256. The van der Waals surface area contributed by atoms with Crippen molar-refractivity contribution in [3.05, 3.63) is 65.7 Å². The Hall–Kier alpha value is -2.86. The van der Waals surface area contributed by atoms with Crippen molar-refractivity contribution in [3.63, 3.8) is 0 Å². The third-order valence-electron chi connectivity index (χ3n) is 4.59. The molecule has 2 aromatic carbocycles. The lowest BCUT2D eigenvalue weighted by Crippen LogP contribution is -2.38. The maximum absolute atomic E-state index is 12.1. The normalized spacial score (nSPS) is 15.1. The molecule has 2 aromatic rings. The van der Waals surface area contributed by atoms with Gasteiger partial charge in [0.1, 0.15) is 0 Å². The first-order valence-electron chi connectivity index (χ1n) is 9.19. The Morgan fingerprint density at radius 3 is 2.37 bits per heavy atom. The van der Waals surface area contributed by atoms with E-state index in [1.807, 2.05) is 25.1 Å². The van der Waals surface area contributed by atoms with Gasteiger partial charge in [-0.15, -0.1) is 0 Å². The maximum atomic E-state index is 12.1. The summed E-state index contributed by atoms with van der Waals surface area (Å²) in [5.41, 5.74) is 2.72. The number of carbonyl (C=O) groups is 2. The van der Waals surface area contributed by atoms with Crippen LogP contribution in [-0.4, -0.2) is 44.7 Å². The summed E-state index contributed by atoms with van der Waals surface area (Å²) in [4.78, 5) is 26.4. The van der Waals surface area contributed by atoms with E-state index in [2.05, 4.69) is 27.7 Å². The molecule has 6 heteroatoms. The quantitative estimate of drug-likeness (QED) is 0.821. The topological polar surface area (TPSA) is 70.7 Å². The first kappa shape index (κ1) is 18.9. The number of hydrogen-bond donors (Lipinski definition) is 2. The van der Waals surface area contributed by atoms with Gasteiger partial charge >= 0.3 is 0 Å². The SMILES string of the molecule is CC(NC(=O)CNC(=O)c1ccccc1)c1ccc(N2CCOCC2)cc1. The van der Waals surface area contributed by atoms with E-state index in [9.17, 15) is 9.59 Å². The number of ether oxygens (including phenoxy) is 1. The standard InChI is InChI=1S/C21H25N3O3/c1-16(17-7-9-19(10-8-17)24-11-13-27-14-12-24)23-20(25)15-22-21(26)18-5-3-2-4-6-18/h2-10,16H,11-15H2,1H3,(H,22,26)(H,23,25). The Labute approximate surface area is 159 Å². The number of anilines is 1. The molecule has 2 N–H and O–H groups in total. The summed E-state index contributed by atoms with van der Waals surface area (Å²) in [5.74, 6) is -0.475. The molecule has 142 valence electrons. The second-order valence-electron chi connectivity index (χ2n) is 6.53. The highest BCUT2D eigenvalue weighted by Gasteiger charge is 2.14. The van der Waals surface area contributed by atoms with E-state index in [0.717, 1.165) is 37.6 Å². The molecule has 3 rings (SSSR count). The molecule has 1 saturated heterocycles. The van der Waals surface area contributed by atoms with E-state index in [1.54, 1.807) is 24.3 Å². The fourth-order valence-electron chi connectivity index (χ4n) is 3.02. The van der Waals surface area contributed by atoms with Crippen LogP contribution in [0.25, 0.3) is 0 Å². The van der Waals surface area contributed by atoms with Crippen LogP contribution < -0.4 is 15.5 Å². The van der Waals surface area contributed by atoms with Gasteiger partial charge in [0.2, 0.25) is 5.91 Å². The van der Waals surface area contributed by atoms with Crippen molar-refractivity contribution in [2.45, 2.75) is 13.0 Å².